The number of aryl methyl sites for hydroxylation is 4. The van der Waals surface area contributed by atoms with E-state index < -0.39 is 11.3 Å². The van der Waals surface area contributed by atoms with Crippen molar-refractivity contribution in [3.63, 3.8) is 0 Å². The van der Waals surface area contributed by atoms with Crippen molar-refractivity contribution in [1.82, 2.24) is 0 Å². The molecule has 0 spiro atoms. The minimum absolute atomic E-state index is 0.517. The van der Waals surface area contributed by atoms with Gasteiger partial charge in [-0.05, 0) is 73.2 Å². The van der Waals surface area contributed by atoms with Crippen molar-refractivity contribution in [2.24, 2.45) is 11.1 Å². The average molecular weight is 334 g/mol. The van der Waals surface area contributed by atoms with Gasteiger partial charge in [-0.25, -0.2) is 0 Å². The van der Waals surface area contributed by atoms with E-state index in [0.717, 1.165) is 22.3 Å². The molecule has 0 bridgehead atoms. The number of ether oxygens (including phenoxy) is 2. The maximum Gasteiger partial charge on any atom is 0.330 e. The second-order valence-corrected chi connectivity index (χ2v) is 7.51. The number of fused-ring (bicyclic) bond motifs is 3. The Hall–Kier alpha value is -2.51. The second kappa shape index (κ2) is 5.00. The number of nitrogens with two attached hydrogens (primary N) is 1. The van der Waals surface area contributed by atoms with Crippen LogP contribution in [-0.2, 0) is 12.8 Å². The van der Waals surface area contributed by atoms with E-state index in [1.54, 1.807) is 0 Å². The van der Waals surface area contributed by atoms with Crippen molar-refractivity contribution < 1.29 is 9.47 Å². The lowest BCUT2D eigenvalue weighted by molar-refractivity contribution is -0.197. The van der Waals surface area contributed by atoms with E-state index >= 15 is 0 Å². The maximum absolute atomic E-state index is 10.1. The predicted octanol–water partition coefficient (Wildman–Crippen LogP) is 3.61. The van der Waals surface area contributed by atoms with Gasteiger partial charge in [0.25, 0.3) is 0 Å². The highest BCUT2D eigenvalue weighted by molar-refractivity contribution is 5.50. The van der Waals surface area contributed by atoms with Crippen molar-refractivity contribution in [1.29, 1.82) is 5.26 Å². The predicted molar refractivity (Wildman–Crippen MR) is 95.5 cm³/mol. The first-order valence-electron chi connectivity index (χ1n) is 8.55. The molecule has 0 radical (unpaired) electrons. The van der Waals surface area contributed by atoms with Crippen molar-refractivity contribution >= 4 is 0 Å². The number of nitrogens with zero attached hydrogens (tertiary/aromatic N) is 1. The van der Waals surface area contributed by atoms with E-state index in [1.165, 1.54) is 11.1 Å². The summed E-state index contributed by atoms with van der Waals surface area (Å²) in [4.78, 5) is 0. The molecule has 0 amide bonds. The third-order valence-electron chi connectivity index (χ3n) is 5.74. The lowest BCUT2D eigenvalue weighted by atomic mass is 9.71. The number of hydrogen-bond acceptors (Lipinski definition) is 4. The quantitative estimate of drug-likeness (QED) is 0.799. The fourth-order valence-electron chi connectivity index (χ4n) is 3.82. The molecule has 4 heteroatoms. The van der Waals surface area contributed by atoms with Crippen LogP contribution in [0.15, 0.2) is 24.3 Å². The van der Waals surface area contributed by atoms with E-state index in [4.69, 9.17) is 15.2 Å². The van der Waals surface area contributed by atoms with E-state index in [0.29, 0.717) is 24.3 Å². The fraction of sp³-hybridized carbons (Fsp3) is 0.381. The summed E-state index contributed by atoms with van der Waals surface area (Å²) in [5, 5.41) is 10.1. The van der Waals surface area contributed by atoms with Crippen LogP contribution in [0.25, 0.3) is 0 Å². The number of rotatable bonds is 0. The molecule has 2 N–H and O–H groups in total. The molecule has 4 rings (SSSR count). The summed E-state index contributed by atoms with van der Waals surface area (Å²) in [7, 11) is 0. The zero-order valence-electron chi connectivity index (χ0n) is 15.1. The smallest absolute Gasteiger partial charge is 0.330 e. The monoisotopic (exact) mass is 334 g/mol. The summed E-state index contributed by atoms with van der Waals surface area (Å²) in [6.45, 7) is 8.21. The summed E-state index contributed by atoms with van der Waals surface area (Å²) >= 11 is 0. The highest BCUT2D eigenvalue weighted by Gasteiger charge is 2.60. The summed E-state index contributed by atoms with van der Waals surface area (Å²) < 4.78 is 12.2. The van der Waals surface area contributed by atoms with Crippen LogP contribution in [-0.4, -0.2) is 5.91 Å². The highest BCUT2D eigenvalue weighted by atomic mass is 16.7. The Labute approximate surface area is 148 Å². The normalized spacial score (nSPS) is 26.4. The second-order valence-electron chi connectivity index (χ2n) is 7.51. The average Bonchev–Trinajstić information content (AvgIpc) is 2.54. The summed E-state index contributed by atoms with van der Waals surface area (Å²) in [5.74, 6) is -0.0574. The van der Waals surface area contributed by atoms with E-state index in [9.17, 15) is 5.26 Å². The van der Waals surface area contributed by atoms with Crippen LogP contribution in [0.4, 0.5) is 0 Å². The van der Waals surface area contributed by atoms with Gasteiger partial charge in [-0.1, -0.05) is 12.1 Å². The molecule has 0 atom stereocenters. The number of benzene rings is 2. The van der Waals surface area contributed by atoms with Gasteiger partial charge in [0.2, 0.25) is 0 Å². The Morgan fingerprint density at radius 2 is 1.24 bits per heavy atom. The molecular weight excluding hydrogens is 312 g/mol. The van der Waals surface area contributed by atoms with Crippen molar-refractivity contribution in [3.8, 4) is 17.6 Å². The zero-order valence-corrected chi connectivity index (χ0v) is 15.1. The molecule has 0 aromatic heterocycles. The molecule has 2 aliphatic rings. The molecule has 2 aromatic rings. The van der Waals surface area contributed by atoms with Gasteiger partial charge in [0, 0.05) is 12.8 Å². The molecule has 0 saturated carbocycles. The van der Waals surface area contributed by atoms with Gasteiger partial charge in [-0.3, -0.25) is 5.73 Å². The summed E-state index contributed by atoms with van der Waals surface area (Å²) in [6, 6.07) is 10.6. The molecule has 0 saturated heterocycles. The largest absolute Gasteiger partial charge is 0.438 e. The Bertz CT molecular complexity index is 876. The lowest BCUT2D eigenvalue weighted by Gasteiger charge is -2.49. The lowest BCUT2D eigenvalue weighted by Crippen LogP contribution is -2.68. The topological polar surface area (TPSA) is 68.3 Å². The molecule has 0 unspecified atom stereocenters. The first-order chi connectivity index (χ1) is 11.8. The van der Waals surface area contributed by atoms with Crippen molar-refractivity contribution in [2.75, 3.05) is 0 Å². The van der Waals surface area contributed by atoms with Crippen LogP contribution in [0.2, 0.25) is 0 Å². The Morgan fingerprint density at radius 3 is 1.64 bits per heavy atom. The molecule has 2 aromatic carbocycles. The highest BCUT2D eigenvalue weighted by Crippen LogP contribution is 2.50. The Kier molecular flexibility index (Phi) is 3.20. The molecule has 0 fully saturated rings. The van der Waals surface area contributed by atoms with Crippen LogP contribution < -0.4 is 15.2 Å². The Morgan fingerprint density at radius 1 is 0.840 bits per heavy atom. The van der Waals surface area contributed by atoms with Gasteiger partial charge in [-0.2, -0.15) is 5.26 Å². The minimum Gasteiger partial charge on any atom is -0.438 e. The van der Waals surface area contributed by atoms with Gasteiger partial charge in [0.15, 0.2) is 5.41 Å². The standard InChI is InChI=1S/C21H22N2O2/c1-12-5-16-9-20(11-22)10-17-6-13(2)15(4)8-19(17)25-21(20,23)24-18(16)7-14(12)3/h5-8H,9-10,23H2,1-4H3. The van der Waals surface area contributed by atoms with Crippen LogP contribution in [0.1, 0.15) is 33.4 Å². The minimum atomic E-state index is -1.48. The molecule has 0 aliphatic carbocycles. The molecule has 2 heterocycles. The van der Waals surface area contributed by atoms with E-state index in [1.807, 2.05) is 26.0 Å². The van der Waals surface area contributed by atoms with Gasteiger partial charge in [0.1, 0.15) is 11.5 Å². The van der Waals surface area contributed by atoms with Crippen molar-refractivity contribution in [2.45, 2.75) is 46.4 Å². The Balaban J connectivity index is 1.87. The molecule has 128 valence electrons. The maximum atomic E-state index is 10.1. The zero-order chi connectivity index (χ0) is 18.0. The SMILES string of the molecule is Cc1cc2c(cc1C)OC1(N)Oc3cc(C)c(C)cc3CC1(C#N)C2. The van der Waals surface area contributed by atoms with E-state index in [2.05, 4.69) is 32.0 Å². The first-order valence-corrected chi connectivity index (χ1v) is 8.55. The van der Waals surface area contributed by atoms with Gasteiger partial charge in [-0.15, -0.1) is 0 Å². The van der Waals surface area contributed by atoms with Crippen LogP contribution in [0, 0.1) is 44.4 Å². The molecule has 2 aliphatic heterocycles. The van der Waals surface area contributed by atoms with Crippen LogP contribution in [0.3, 0.4) is 0 Å². The van der Waals surface area contributed by atoms with E-state index in [-0.39, 0.29) is 0 Å². The molecule has 25 heavy (non-hydrogen) atoms. The van der Waals surface area contributed by atoms with Gasteiger partial charge in [0.05, 0.1) is 6.07 Å². The third-order valence-corrected chi connectivity index (χ3v) is 5.74. The van der Waals surface area contributed by atoms with Gasteiger partial charge >= 0.3 is 5.91 Å². The van der Waals surface area contributed by atoms with Crippen LogP contribution >= 0.6 is 0 Å². The third kappa shape index (κ3) is 2.16. The fourth-order valence-corrected chi connectivity index (χ4v) is 3.82. The van der Waals surface area contributed by atoms with Crippen LogP contribution in [0.5, 0.6) is 11.5 Å². The number of hydrogen-bond donors (Lipinski definition) is 1. The number of nitriles is 1. The summed E-state index contributed by atoms with van der Waals surface area (Å²) in [6.07, 6.45) is 1.03. The molecule has 4 nitrogen and oxygen atoms in total. The van der Waals surface area contributed by atoms with Gasteiger partial charge < -0.3 is 9.47 Å². The molecular formula is C21H22N2O2. The summed E-state index contributed by atoms with van der Waals surface area (Å²) in [5.41, 5.74) is 12.3. The first kappa shape index (κ1) is 16.0. The van der Waals surface area contributed by atoms with Crippen molar-refractivity contribution in [3.05, 3.63) is 57.6 Å².